The van der Waals surface area contributed by atoms with Crippen molar-refractivity contribution in [2.45, 2.75) is 58.1 Å². The lowest BCUT2D eigenvalue weighted by Crippen LogP contribution is -2.51. The fourth-order valence-corrected chi connectivity index (χ4v) is 4.08. The number of likely N-dealkylation sites (tertiary alicyclic amines) is 2. The molecule has 2 rings (SSSR count). The molecule has 0 aliphatic carbocycles. The number of methoxy groups -OCH3 is 1. The predicted molar refractivity (Wildman–Crippen MR) is 108 cm³/mol. The standard InChI is InChI=1S/C20H40N4O2/c1-17(2)19(23-10-5-6-11-23)16-22-20(21-3)24-12-8-18(9-13-24)26-15-7-14-25-4/h17-19H,5-16H2,1-4H3,(H,21,22). The highest BCUT2D eigenvalue weighted by Crippen LogP contribution is 2.18. The van der Waals surface area contributed by atoms with Gasteiger partial charge in [0, 0.05) is 53.0 Å². The molecule has 0 radical (unpaired) electrons. The molecule has 0 aromatic rings. The van der Waals surface area contributed by atoms with Gasteiger partial charge in [-0.3, -0.25) is 9.89 Å². The number of aliphatic imine (C=N–C) groups is 1. The van der Waals surface area contributed by atoms with Gasteiger partial charge >= 0.3 is 0 Å². The third-order valence-electron chi connectivity index (χ3n) is 5.65. The van der Waals surface area contributed by atoms with Crippen molar-refractivity contribution in [2.24, 2.45) is 10.9 Å². The highest BCUT2D eigenvalue weighted by Gasteiger charge is 2.26. The quantitative estimate of drug-likeness (QED) is 0.384. The van der Waals surface area contributed by atoms with Gasteiger partial charge in [-0.2, -0.15) is 0 Å². The molecular weight excluding hydrogens is 328 g/mol. The van der Waals surface area contributed by atoms with E-state index in [9.17, 15) is 0 Å². The zero-order chi connectivity index (χ0) is 18.8. The van der Waals surface area contributed by atoms with Crippen LogP contribution in [0.25, 0.3) is 0 Å². The Morgan fingerprint density at radius 3 is 2.38 bits per heavy atom. The lowest BCUT2D eigenvalue weighted by Gasteiger charge is -2.36. The number of rotatable bonds is 9. The number of nitrogens with zero attached hydrogens (tertiary/aromatic N) is 3. The SMILES string of the molecule is CN=C(NCC(C(C)C)N1CCCC1)N1CCC(OCCCOC)CC1. The van der Waals surface area contributed by atoms with E-state index in [1.807, 2.05) is 7.05 Å². The summed E-state index contributed by atoms with van der Waals surface area (Å²) in [5.41, 5.74) is 0. The first kappa shape index (κ1) is 21.5. The average Bonchev–Trinajstić information content (AvgIpc) is 3.17. The Morgan fingerprint density at radius 2 is 1.81 bits per heavy atom. The van der Waals surface area contributed by atoms with Crippen LogP contribution in [0.5, 0.6) is 0 Å². The maximum Gasteiger partial charge on any atom is 0.193 e. The number of ether oxygens (including phenoxy) is 2. The molecule has 152 valence electrons. The number of guanidine groups is 1. The molecule has 6 nitrogen and oxygen atoms in total. The Hall–Kier alpha value is -0.850. The van der Waals surface area contributed by atoms with E-state index in [1.165, 1.54) is 25.9 Å². The summed E-state index contributed by atoms with van der Waals surface area (Å²) in [6.45, 7) is 11.8. The van der Waals surface area contributed by atoms with E-state index in [1.54, 1.807) is 7.11 Å². The lowest BCUT2D eigenvalue weighted by atomic mass is 10.0. The summed E-state index contributed by atoms with van der Waals surface area (Å²) >= 11 is 0. The van der Waals surface area contributed by atoms with Crippen LogP contribution in [-0.4, -0.2) is 88.0 Å². The first-order valence-corrected chi connectivity index (χ1v) is 10.5. The summed E-state index contributed by atoms with van der Waals surface area (Å²) in [5, 5.41) is 3.65. The van der Waals surface area contributed by atoms with Gasteiger partial charge in [0.2, 0.25) is 0 Å². The Morgan fingerprint density at radius 1 is 1.12 bits per heavy atom. The van der Waals surface area contributed by atoms with Gasteiger partial charge in [0.05, 0.1) is 6.10 Å². The van der Waals surface area contributed by atoms with Gasteiger partial charge in [0.15, 0.2) is 5.96 Å². The molecule has 2 saturated heterocycles. The average molecular weight is 369 g/mol. The van der Waals surface area contributed by atoms with Crippen molar-refractivity contribution in [3.8, 4) is 0 Å². The molecule has 2 aliphatic heterocycles. The molecule has 0 spiro atoms. The molecule has 2 heterocycles. The number of nitrogens with one attached hydrogen (secondary N) is 1. The van der Waals surface area contributed by atoms with Crippen LogP contribution in [0.15, 0.2) is 4.99 Å². The zero-order valence-corrected chi connectivity index (χ0v) is 17.4. The van der Waals surface area contributed by atoms with Crippen LogP contribution in [0.2, 0.25) is 0 Å². The normalized spacial score (nSPS) is 21.6. The van der Waals surface area contributed by atoms with E-state index in [0.29, 0.717) is 18.1 Å². The van der Waals surface area contributed by atoms with Gasteiger partial charge in [-0.05, 0) is 51.1 Å². The van der Waals surface area contributed by atoms with Crippen LogP contribution >= 0.6 is 0 Å². The minimum Gasteiger partial charge on any atom is -0.385 e. The number of hydrogen-bond acceptors (Lipinski definition) is 4. The van der Waals surface area contributed by atoms with Crippen LogP contribution in [0, 0.1) is 5.92 Å². The van der Waals surface area contributed by atoms with Crippen molar-refractivity contribution in [2.75, 3.05) is 60.1 Å². The van der Waals surface area contributed by atoms with Gasteiger partial charge in [-0.15, -0.1) is 0 Å². The summed E-state index contributed by atoms with van der Waals surface area (Å²) in [6, 6.07) is 0.593. The van der Waals surface area contributed by atoms with Crippen molar-refractivity contribution in [3.63, 3.8) is 0 Å². The zero-order valence-electron chi connectivity index (χ0n) is 17.4. The number of piperidine rings is 1. The Balaban J connectivity index is 1.73. The Bertz CT molecular complexity index is 403. The molecule has 1 N–H and O–H groups in total. The molecule has 1 atom stereocenters. The fraction of sp³-hybridized carbons (Fsp3) is 0.950. The van der Waals surface area contributed by atoms with Gasteiger partial charge in [-0.1, -0.05) is 13.8 Å². The summed E-state index contributed by atoms with van der Waals surface area (Å²) in [6.07, 6.45) is 6.20. The minimum atomic E-state index is 0.384. The third kappa shape index (κ3) is 6.71. The molecule has 0 saturated carbocycles. The molecule has 0 amide bonds. The Kier molecular flexibility index (Phi) is 9.72. The lowest BCUT2D eigenvalue weighted by molar-refractivity contribution is 0.00984. The molecule has 0 aromatic carbocycles. The summed E-state index contributed by atoms with van der Waals surface area (Å²) < 4.78 is 11.0. The van der Waals surface area contributed by atoms with Crippen LogP contribution < -0.4 is 5.32 Å². The highest BCUT2D eigenvalue weighted by atomic mass is 16.5. The molecule has 6 heteroatoms. The van der Waals surface area contributed by atoms with E-state index in [0.717, 1.165) is 58.1 Å². The first-order valence-electron chi connectivity index (χ1n) is 10.5. The van der Waals surface area contributed by atoms with Crippen molar-refractivity contribution >= 4 is 5.96 Å². The van der Waals surface area contributed by atoms with E-state index in [2.05, 4.69) is 34.0 Å². The second-order valence-corrected chi connectivity index (χ2v) is 7.89. The van der Waals surface area contributed by atoms with Crippen LogP contribution in [0.4, 0.5) is 0 Å². The van der Waals surface area contributed by atoms with Gasteiger partial charge < -0.3 is 19.7 Å². The van der Waals surface area contributed by atoms with Gasteiger partial charge in [0.25, 0.3) is 0 Å². The van der Waals surface area contributed by atoms with Crippen molar-refractivity contribution in [1.82, 2.24) is 15.1 Å². The second kappa shape index (κ2) is 11.8. The molecule has 0 bridgehead atoms. The molecule has 1 unspecified atom stereocenters. The summed E-state index contributed by atoms with van der Waals surface area (Å²) in [4.78, 5) is 9.57. The van der Waals surface area contributed by atoms with Gasteiger partial charge in [-0.25, -0.2) is 0 Å². The van der Waals surface area contributed by atoms with Crippen molar-refractivity contribution in [3.05, 3.63) is 0 Å². The van der Waals surface area contributed by atoms with Gasteiger partial charge in [0.1, 0.15) is 0 Å². The van der Waals surface area contributed by atoms with Crippen LogP contribution in [0.1, 0.15) is 46.0 Å². The van der Waals surface area contributed by atoms with Crippen molar-refractivity contribution in [1.29, 1.82) is 0 Å². The predicted octanol–water partition coefficient (Wildman–Crippen LogP) is 2.20. The fourth-order valence-electron chi connectivity index (χ4n) is 4.08. The first-order chi connectivity index (χ1) is 12.7. The number of hydrogen-bond donors (Lipinski definition) is 1. The molecule has 2 aliphatic rings. The maximum atomic E-state index is 5.97. The third-order valence-corrected chi connectivity index (χ3v) is 5.65. The molecular formula is C20H40N4O2. The maximum absolute atomic E-state index is 5.97. The van der Waals surface area contributed by atoms with E-state index >= 15 is 0 Å². The highest BCUT2D eigenvalue weighted by molar-refractivity contribution is 5.80. The minimum absolute atomic E-state index is 0.384. The largest absolute Gasteiger partial charge is 0.385 e. The Labute approximate surface area is 160 Å². The van der Waals surface area contributed by atoms with Crippen molar-refractivity contribution < 1.29 is 9.47 Å². The smallest absolute Gasteiger partial charge is 0.193 e. The topological polar surface area (TPSA) is 49.3 Å². The molecule has 0 aromatic heterocycles. The second-order valence-electron chi connectivity index (χ2n) is 7.89. The summed E-state index contributed by atoms with van der Waals surface area (Å²) in [7, 11) is 3.64. The van der Waals surface area contributed by atoms with E-state index < -0.39 is 0 Å². The van der Waals surface area contributed by atoms with E-state index in [-0.39, 0.29) is 0 Å². The molecule has 26 heavy (non-hydrogen) atoms. The molecule has 2 fully saturated rings. The van der Waals surface area contributed by atoms with Crippen LogP contribution in [-0.2, 0) is 9.47 Å². The van der Waals surface area contributed by atoms with Crippen LogP contribution in [0.3, 0.4) is 0 Å². The monoisotopic (exact) mass is 368 g/mol. The summed E-state index contributed by atoms with van der Waals surface area (Å²) in [5.74, 6) is 1.71. The van der Waals surface area contributed by atoms with E-state index in [4.69, 9.17) is 9.47 Å².